The van der Waals surface area contributed by atoms with Crippen molar-refractivity contribution in [1.82, 2.24) is 4.98 Å². The van der Waals surface area contributed by atoms with Gasteiger partial charge in [0.1, 0.15) is 5.56 Å². The molecule has 0 bridgehead atoms. The second kappa shape index (κ2) is 7.27. The predicted molar refractivity (Wildman–Crippen MR) is 103 cm³/mol. The molecular weight excluding hydrogens is 328 g/mol. The molecule has 0 aliphatic carbocycles. The van der Waals surface area contributed by atoms with Gasteiger partial charge in [0.05, 0.1) is 5.69 Å². The van der Waals surface area contributed by atoms with Crippen LogP contribution >= 0.6 is 0 Å². The Morgan fingerprint density at radius 1 is 1.04 bits per heavy atom. The number of hydrogen-bond donors (Lipinski definition) is 2. The van der Waals surface area contributed by atoms with Crippen molar-refractivity contribution in [2.45, 2.75) is 13.3 Å². The van der Waals surface area contributed by atoms with E-state index >= 15 is 0 Å². The molecule has 3 aromatic rings. The lowest BCUT2D eigenvalue weighted by atomic mass is 10.0. The summed E-state index contributed by atoms with van der Waals surface area (Å²) < 4.78 is 0. The molecule has 0 aliphatic heterocycles. The smallest absolute Gasteiger partial charge is 0.341 e. The zero-order valence-corrected chi connectivity index (χ0v) is 14.7. The summed E-state index contributed by atoms with van der Waals surface area (Å²) in [5.74, 6) is -1.22. The van der Waals surface area contributed by atoms with Gasteiger partial charge in [-0.25, -0.2) is 4.79 Å². The highest BCUT2D eigenvalue weighted by atomic mass is 16.4. The summed E-state index contributed by atoms with van der Waals surface area (Å²) in [5, 5.41) is 9.13. The number of carboxylic acid groups (broad SMARTS) is 1. The highest BCUT2D eigenvalue weighted by Gasteiger charge is 2.14. The molecule has 26 heavy (non-hydrogen) atoms. The normalized spacial score (nSPS) is 10.5. The van der Waals surface area contributed by atoms with Crippen LogP contribution in [-0.2, 0) is 6.42 Å². The van der Waals surface area contributed by atoms with Crippen LogP contribution in [0.4, 0.5) is 11.4 Å². The van der Waals surface area contributed by atoms with E-state index in [1.54, 1.807) is 0 Å². The van der Waals surface area contributed by atoms with Crippen LogP contribution in [0.1, 0.15) is 22.8 Å². The molecule has 3 rings (SSSR count). The molecule has 0 aliphatic rings. The van der Waals surface area contributed by atoms with Crippen molar-refractivity contribution in [3.63, 3.8) is 0 Å². The van der Waals surface area contributed by atoms with Crippen LogP contribution in [-0.4, -0.2) is 23.1 Å². The number of H-pyrrole nitrogens is 1. The van der Waals surface area contributed by atoms with E-state index in [1.807, 2.05) is 68.6 Å². The number of aromatic carboxylic acids is 1. The molecule has 0 unspecified atom stereocenters. The van der Waals surface area contributed by atoms with Gasteiger partial charge in [-0.05, 0) is 47.9 Å². The number of aromatic nitrogens is 1. The number of para-hydroxylation sites is 1. The number of hydrogen-bond acceptors (Lipinski definition) is 3. The van der Waals surface area contributed by atoms with Crippen LogP contribution < -0.4 is 10.5 Å². The molecule has 0 saturated carbocycles. The Kier molecular flexibility index (Phi) is 4.89. The van der Waals surface area contributed by atoms with Crippen molar-refractivity contribution in [2.24, 2.45) is 0 Å². The van der Waals surface area contributed by atoms with E-state index in [9.17, 15) is 9.59 Å². The second-order valence-electron chi connectivity index (χ2n) is 6.01. The predicted octanol–water partition coefficient (Wildman–Crippen LogP) is 4.07. The van der Waals surface area contributed by atoms with Crippen molar-refractivity contribution in [3.05, 3.63) is 82.1 Å². The Hall–Kier alpha value is -3.34. The third-order valence-electron chi connectivity index (χ3n) is 4.42. The molecule has 0 fully saturated rings. The maximum atomic E-state index is 12.0. The third kappa shape index (κ3) is 3.37. The van der Waals surface area contributed by atoms with E-state index in [0.29, 0.717) is 12.1 Å². The van der Waals surface area contributed by atoms with Gasteiger partial charge in [-0.1, -0.05) is 37.3 Å². The number of benzene rings is 2. The number of rotatable bonds is 5. The topological polar surface area (TPSA) is 73.4 Å². The van der Waals surface area contributed by atoms with Crippen molar-refractivity contribution in [1.29, 1.82) is 0 Å². The van der Waals surface area contributed by atoms with E-state index < -0.39 is 11.5 Å². The Morgan fingerprint density at radius 2 is 1.65 bits per heavy atom. The van der Waals surface area contributed by atoms with Gasteiger partial charge in [0, 0.05) is 18.4 Å². The second-order valence-corrected chi connectivity index (χ2v) is 6.01. The van der Waals surface area contributed by atoms with Crippen LogP contribution in [0.25, 0.3) is 11.3 Å². The zero-order valence-electron chi connectivity index (χ0n) is 14.7. The number of carboxylic acids is 1. The molecule has 0 atom stereocenters. The molecule has 1 heterocycles. The third-order valence-corrected chi connectivity index (χ3v) is 4.42. The van der Waals surface area contributed by atoms with E-state index in [4.69, 9.17) is 5.11 Å². The minimum atomic E-state index is -1.22. The summed E-state index contributed by atoms with van der Waals surface area (Å²) in [4.78, 5) is 28.0. The minimum absolute atomic E-state index is 0.231. The molecule has 0 amide bonds. The van der Waals surface area contributed by atoms with Gasteiger partial charge in [-0.2, -0.15) is 0 Å². The van der Waals surface area contributed by atoms with Crippen LogP contribution in [0.15, 0.2) is 65.5 Å². The van der Waals surface area contributed by atoms with Crippen molar-refractivity contribution in [2.75, 3.05) is 11.9 Å². The van der Waals surface area contributed by atoms with Gasteiger partial charge in [-0.15, -0.1) is 0 Å². The SMILES string of the molecule is CCc1cc(C(=O)O)c(=O)[nH]c1-c1ccc(N(C)c2ccccc2)cc1. The number of nitrogens with one attached hydrogen (secondary N) is 1. The molecule has 2 aromatic carbocycles. The fourth-order valence-corrected chi connectivity index (χ4v) is 2.92. The lowest BCUT2D eigenvalue weighted by Crippen LogP contribution is -2.19. The molecule has 0 radical (unpaired) electrons. The van der Waals surface area contributed by atoms with E-state index in [-0.39, 0.29) is 5.56 Å². The van der Waals surface area contributed by atoms with Gasteiger partial charge in [0.25, 0.3) is 5.56 Å². The van der Waals surface area contributed by atoms with Gasteiger partial charge in [0.15, 0.2) is 0 Å². The van der Waals surface area contributed by atoms with E-state index in [1.165, 1.54) is 6.07 Å². The quantitative estimate of drug-likeness (QED) is 0.729. The molecule has 5 nitrogen and oxygen atoms in total. The molecular formula is C21H20N2O3. The average molecular weight is 348 g/mol. The first-order valence-corrected chi connectivity index (χ1v) is 8.40. The maximum Gasteiger partial charge on any atom is 0.341 e. The van der Waals surface area contributed by atoms with E-state index in [2.05, 4.69) is 9.88 Å². The van der Waals surface area contributed by atoms with Crippen LogP contribution in [0.3, 0.4) is 0 Å². The summed E-state index contributed by atoms with van der Waals surface area (Å²) in [6.45, 7) is 1.93. The highest BCUT2D eigenvalue weighted by Crippen LogP contribution is 2.27. The van der Waals surface area contributed by atoms with Crippen LogP contribution in [0, 0.1) is 0 Å². The number of pyridine rings is 1. The lowest BCUT2D eigenvalue weighted by molar-refractivity contribution is 0.0695. The number of aryl methyl sites for hydroxylation is 1. The fraction of sp³-hybridized carbons (Fsp3) is 0.143. The van der Waals surface area contributed by atoms with Gasteiger partial charge < -0.3 is 15.0 Å². The summed E-state index contributed by atoms with van der Waals surface area (Å²) >= 11 is 0. The molecule has 0 spiro atoms. The Bertz CT molecular complexity index is 976. The van der Waals surface area contributed by atoms with Gasteiger partial charge in [0.2, 0.25) is 0 Å². The molecule has 132 valence electrons. The first kappa shape index (κ1) is 17.5. The van der Waals surface area contributed by atoms with E-state index in [0.717, 1.165) is 22.5 Å². The maximum absolute atomic E-state index is 12.0. The van der Waals surface area contributed by atoms with Crippen LogP contribution in [0.5, 0.6) is 0 Å². The fourth-order valence-electron chi connectivity index (χ4n) is 2.92. The summed E-state index contributed by atoms with van der Waals surface area (Å²) in [7, 11) is 1.99. The molecule has 5 heteroatoms. The number of anilines is 2. The summed E-state index contributed by atoms with van der Waals surface area (Å²) in [6.07, 6.45) is 0.623. The highest BCUT2D eigenvalue weighted by molar-refractivity contribution is 5.88. The van der Waals surface area contributed by atoms with Crippen molar-refractivity contribution in [3.8, 4) is 11.3 Å². The first-order valence-electron chi connectivity index (χ1n) is 8.40. The lowest BCUT2D eigenvalue weighted by Gasteiger charge is -2.20. The standard InChI is InChI=1S/C21H20N2O3/c1-3-14-13-18(21(25)26)20(24)22-19(14)15-9-11-17(12-10-15)23(2)16-7-5-4-6-8-16/h4-13H,3H2,1-2H3,(H,22,24)(H,25,26). The zero-order chi connectivity index (χ0) is 18.7. The Balaban J connectivity index is 1.97. The minimum Gasteiger partial charge on any atom is -0.477 e. The number of carbonyl (C=O) groups is 1. The van der Waals surface area contributed by atoms with Gasteiger partial charge >= 0.3 is 5.97 Å². The largest absolute Gasteiger partial charge is 0.477 e. The Morgan fingerprint density at radius 3 is 2.23 bits per heavy atom. The first-order chi connectivity index (χ1) is 12.5. The average Bonchev–Trinajstić information content (AvgIpc) is 2.67. The molecule has 1 aromatic heterocycles. The molecule has 0 saturated heterocycles. The number of nitrogens with zero attached hydrogens (tertiary/aromatic N) is 1. The van der Waals surface area contributed by atoms with Crippen molar-refractivity contribution < 1.29 is 9.90 Å². The Labute approximate surface area is 151 Å². The summed E-state index contributed by atoms with van der Waals surface area (Å²) in [6, 6.07) is 19.3. The van der Waals surface area contributed by atoms with Crippen LogP contribution in [0.2, 0.25) is 0 Å². The molecule has 2 N–H and O–H groups in total. The van der Waals surface area contributed by atoms with Crippen molar-refractivity contribution >= 4 is 17.3 Å². The monoisotopic (exact) mass is 348 g/mol. The van der Waals surface area contributed by atoms with Gasteiger partial charge in [-0.3, -0.25) is 4.79 Å². The number of aromatic amines is 1. The summed E-state index contributed by atoms with van der Waals surface area (Å²) in [5.41, 5.74) is 3.58.